The number of hydrogen-bond acceptors (Lipinski definition) is 1. The fraction of sp³-hybridized carbons (Fsp3) is 0.138. The molecule has 4 rings (SSSR count). The van der Waals surface area contributed by atoms with Gasteiger partial charge in [0.2, 0.25) is 0 Å². The van der Waals surface area contributed by atoms with E-state index in [1.807, 2.05) is 79.7 Å². The Hall–Kier alpha value is -2.79. The van der Waals surface area contributed by atoms with E-state index in [0.29, 0.717) is 12.3 Å². The van der Waals surface area contributed by atoms with E-state index in [9.17, 15) is 9.90 Å². The van der Waals surface area contributed by atoms with Crippen LogP contribution in [-0.2, 0) is 4.79 Å². The van der Waals surface area contributed by atoms with E-state index < -0.39 is 27.2 Å². The zero-order valence-corrected chi connectivity index (χ0v) is 20.5. The first-order chi connectivity index (χ1) is 16.1. The summed E-state index contributed by atoms with van der Waals surface area (Å²) in [5, 5.41) is 15.4. The number of carbonyl (C=O) groups is 1. The van der Waals surface area contributed by atoms with Crippen LogP contribution < -0.4 is 21.2 Å². The molecule has 0 heterocycles. The van der Waals surface area contributed by atoms with Crippen LogP contribution in [0, 0.1) is 5.41 Å². The minimum absolute atomic E-state index is 0.601. The van der Waals surface area contributed by atoms with Crippen LogP contribution in [-0.4, -0.2) is 23.4 Å². The summed E-state index contributed by atoms with van der Waals surface area (Å²) in [6, 6.07) is 41.5. The predicted octanol–water partition coefficient (Wildman–Crippen LogP) is 5.34. The second-order valence-corrected chi connectivity index (χ2v) is 12.8. The number of rotatable bonds is 9. The van der Waals surface area contributed by atoms with Crippen molar-refractivity contribution in [3.8, 4) is 0 Å². The largest absolute Gasteiger partial charge is 0.481 e. The summed E-state index contributed by atoms with van der Waals surface area (Å²) in [6.07, 6.45) is 1.20. The third kappa shape index (κ3) is 5.77. The standard InChI is InChI=1S/C29H28O2P2/c1-29(28(30)31,22-32(24-14-6-2-7-15-24)25-16-8-3-9-17-25)23-33(26-18-10-4-11-19-26)27-20-12-5-13-21-27/h2-21H,22-23H2,1H3,(H,30,31). The van der Waals surface area contributed by atoms with E-state index in [-0.39, 0.29) is 0 Å². The predicted molar refractivity (Wildman–Crippen MR) is 144 cm³/mol. The van der Waals surface area contributed by atoms with Gasteiger partial charge in [-0.15, -0.1) is 0 Å². The van der Waals surface area contributed by atoms with Crippen molar-refractivity contribution in [2.75, 3.05) is 12.3 Å². The molecule has 2 nitrogen and oxygen atoms in total. The molecule has 0 saturated heterocycles. The molecule has 0 radical (unpaired) electrons. The summed E-state index contributed by atoms with van der Waals surface area (Å²) in [4.78, 5) is 12.8. The van der Waals surface area contributed by atoms with E-state index in [2.05, 4.69) is 48.5 Å². The molecular weight excluding hydrogens is 442 g/mol. The van der Waals surface area contributed by atoms with Crippen molar-refractivity contribution in [2.24, 2.45) is 5.41 Å². The van der Waals surface area contributed by atoms with E-state index in [4.69, 9.17) is 0 Å². The minimum Gasteiger partial charge on any atom is -0.481 e. The molecule has 0 atom stereocenters. The summed E-state index contributed by atoms with van der Waals surface area (Å²) in [6.45, 7) is 1.94. The second-order valence-electron chi connectivity index (χ2n) is 8.38. The Morgan fingerprint density at radius 3 is 1.03 bits per heavy atom. The van der Waals surface area contributed by atoms with Crippen molar-refractivity contribution >= 4 is 43.0 Å². The van der Waals surface area contributed by atoms with Gasteiger partial charge in [-0.1, -0.05) is 121 Å². The zero-order chi connectivity index (χ0) is 23.1. The van der Waals surface area contributed by atoms with Crippen LogP contribution >= 0.6 is 15.8 Å². The zero-order valence-electron chi connectivity index (χ0n) is 18.7. The van der Waals surface area contributed by atoms with Gasteiger partial charge >= 0.3 is 5.97 Å². The summed E-state index contributed by atoms with van der Waals surface area (Å²) >= 11 is 0. The number of carboxylic acids is 1. The van der Waals surface area contributed by atoms with Crippen LogP contribution in [0.5, 0.6) is 0 Å². The van der Waals surface area contributed by atoms with Crippen molar-refractivity contribution in [3.05, 3.63) is 121 Å². The Bertz CT molecular complexity index is 985. The lowest BCUT2D eigenvalue weighted by atomic mass is 9.97. The van der Waals surface area contributed by atoms with Gasteiger partial charge in [-0.05, 0) is 56.3 Å². The van der Waals surface area contributed by atoms with Crippen LogP contribution in [0.15, 0.2) is 121 Å². The fourth-order valence-corrected chi connectivity index (χ4v) is 9.50. The van der Waals surface area contributed by atoms with Gasteiger partial charge < -0.3 is 5.11 Å². The van der Waals surface area contributed by atoms with Gasteiger partial charge in [0.05, 0.1) is 5.41 Å². The molecule has 4 aromatic carbocycles. The van der Waals surface area contributed by atoms with Crippen LogP contribution in [0.1, 0.15) is 6.92 Å². The third-order valence-electron chi connectivity index (χ3n) is 5.80. The summed E-state index contributed by atoms with van der Waals surface area (Å²) in [7, 11) is -1.62. The summed E-state index contributed by atoms with van der Waals surface area (Å²) in [5.74, 6) is -0.721. The first-order valence-corrected chi connectivity index (χ1v) is 14.1. The highest BCUT2D eigenvalue weighted by molar-refractivity contribution is 7.74. The molecular formula is C29H28O2P2. The molecule has 0 bridgehead atoms. The van der Waals surface area contributed by atoms with Gasteiger partial charge in [-0.25, -0.2) is 0 Å². The molecule has 1 N–H and O–H groups in total. The van der Waals surface area contributed by atoms with Crippen LogP contribution in [0.25, 0.3) is 0 Å². The quantitative estimate of drug-likeness (QED) is 0.335. The molecule has 0 fully saturated rings. The number of benzene rings is 4. The molecule has 0 unspecified atom stereocenters. The lowest BCUT2D eigenvalue weighted by Crippen LogP contribution is -2.38. The maximum atomic E-state index is 12.8. The van der Waals surface area contributed by atoms with E-state index >= 15 is 0 Å². The Kier molecular flexibility index (Phi) is 7.71. The lowest BCUT2D eigenvalue weighted by Gasteiger charge is -2.34. The maximum absolute atomic E-state index is 12.8. The Morgan fingerprint density at radius 2 is 0.818 bits per heavy atom. The van der Waals surface area contributed by atoms with Crippen molar-refractivity contribution in [3.63, 3.8) is 0 Å². The average molecular weight is 470 g/mol. The molecule has 0 saturated carbocycles. The third-order valence-corrected chi connectivity index (χ3v) is 11.5. The second kappa shape index (κ2) is 10.9. The molecule has 4 aromatic rings. The van der Waals surface area contributed by atoms with Gasteiger partial charge in [-0.2, -0.15) is 0 Å². The van der Waals surface area contributed by atoms with Gasteiger partial charge in [0.1, 0.15) is 0 Å². The summed E-state index contributed by atoms with van der Waals surface area (Å²) < 4.78 is 0. The molecule has 0 aliphatic rings. The molecule has 4 heteroatoms. The molecule has 0 spiro atoms. The van der Waals surface area contributed by atoms with Crippen LogP contribution in [0.4, 0.5) is 0 Å². The maximum Gasteiger partial charge on any atom is 0.310 e. The first kappa shape index (κ1) is 23.4. The van der Waals surface area contributed by atoms with Crippen LogP contribution in [0.3, 0.4) is 0 Å². The highest BCUT2D eigenvalue weighted by Crippen LogP contribution is 2.47. The Morgan fingerprint density at radius 1 is 0.576 bits per heavy atom. The van der Waals surface area contributed by atoms with Crippen molar-refractivity contribution in [1.29, 1.82) is 0 Å². The van der Waals surface area contributed by atoms with Crippen LogP contribution in [0.2, 0.25) is 0 Å². The van der Waals surface area contributed by atoms with Crippen molar-refractivity contribution in [2.45, 2.75) is 6.92 Å². The number of carboxylic acid groups (broad SMARTS) is 1. The van der Waals surface area contributed by atoms with E-state index in [1.165, 1.54) is 21.2 Å². The minimum atomic E-state index is -0.866. The average Bonchev–Trinajstić information content (AvgIpc) is 2.88. The summed E-state index contributed by atoms with van der Waals surface area (Å²) in [5.41, 5.74) is -0.866. The Labute approximate surface area is 198 Å². The fourth-order valence-electron chi connectivity index (χ4n) is 3.98. The Balaban J connectivity index is 1.74. The molecule has 166 valence electrons. The molecule has 0 aliphatic carbocycles. The van der Waals surface area contributed by atoms with Crippen molar-refractivity contribution < 1.29 is 9.90 Å². The normalized spacial score (nSPS) is 11.6. The monoisotopic (exact) mass is 470 g/mol. The van der Waals surface area contributed by atoms with E-state index in [1.54, 1.807) is 0 Å². The smallest absolute Gasteiger partial charge is 0.310 e. The molecule has 33 heavy (non-hydrogen) atoms. The van der Waals surface area contributed by atoms with E-state index in [0.717, 1.165) is 0 Å². The lowest BCUT2D eigenvalue weighted by molar-refractivity contribution is -0.145. The highest BCUT2D eigenvalue weighted by Gasteiger charge is 2.39. The first-order valence-electron chi connectivity index (χ1n) is 11.1. The SMILES string of the molecule is CC(CP(c1ccccc1)c1ccccc1)(CP(c1ccccc1)c1ccccc1)C(=O)O. The van der Waals surface area contributed by atoms with Gasteiger partial charge in [0.25, 0.3) is 0 Å². The number of aliphatic carboxylic acids is 1. The highest BCUT2D eigenvalue weighted by atomic mass is 31.1. The molecule has 0 aromatic heterocycles. The topological polar surface area (TPSA) is 37.3 Å². The number of hydrogen-bond donors (Lipinski definition) is 1. The van der Waals surface area contributed by atoms with Gasteiger partial charge in [0.15, 0.2) is 0 Å². The molecule has 0 amide bonds. The van der Waals surface area contributed by atoms with Crippen molar-refractivity contribution in [1.82, 2.24) is 0 Å². The molecule has 0 aliphatic heterocycles. The van der Waals surface area contributed by atoms with Gasteiger partial charge in [-0.3, -0.25) is 4.79 Å². The van der Waals surface area contributed by atoms with Gasteiger partial charge in [0, 0.05) is 0 Å².